The first-order valence-electron chi connectivity index (χ1n) is 13.9. The van der Waals surface area contributed by atoms with Gasteiger partial charge in [0, 0.05) is 49.4 Å². The van der Waals surface area contributed by atoms with E-state index in [4.69, 9.17) is 9.72 Å². The van der Waals surface area contributed by atoms with Crippen LogP contribution in [0.25, 0.3) is 10.9 Å². The Labute approximate surface area is 218 Å². The summed E-state index contributed by atoms with van der Waals surface area (Å²) in [6.07, 6.45) is 10.5. The van der Waals surface area contributed by atoms with Gasteiger partial charge in [0.25, 0.3) is 0 Å². The molecule has 1 saturated carbocycles. The number of hydrogen-bond donors (Lipinski definition) is 2. The van der Waals surface area contributed by atoms with Gasteiger partial charge in [0.2, 0.25) is 0 Å². The van der Waals surface area contributed by atoms with Crippen LogP contribution < -0.4 is 5.32 Å². The van der Waals surface area contributed by atoms with Crippen LogP contribution in [0.5, 0.6) is 0 Å². The number of nitrogens with zero attached hydrogens (tertiary/aromatic N) is 4. The Morgan fingerprint density at radius 2 is 2.11 bits per heavy atom. The minimum Gasteiger partial charge on any atom is -0.480 e. The number of benzene rings is 1. The number of aromatic nitrogens is 3. The standard InChI is InChI=1S/C29H37N5O3/c35-29(36)27(25-8-3-5-22-17-31-34(26(22)25)18-20-9-10-20)33-15-13-24(19-33)37-16-2-1-7-23-12-11-21-6-4-14-30-28(21)32-23/h3,5,8,11-12,17,20,24,27H,1-2,4,6-7,9-10,13-16,18-19H2,(H,30,32)(H,35,36)/t24-,27?/m1/s1. The van der Waals surface area contributed by atoms with Gasteiger partial charge in [-0.25, -0.2) is 4.98 Å². The lowest BCUT2D eigenvalue weighted by Crippen LogP contribution is -2.34. The maximum absolute atomic E-state index is 12.5. The molecule has 1 aromatic carbocycles. The summed E-state index contributed by atoms with van der Waals surface area (Å²) in [6.45, 7) is 3.94. The summed E-state index contributed by atoms with van der Waals surface area (Å²) in [5, 5.41) is 19.3. The molecule has 196 valence electrons. The number of para-hydroxylation sites is 1. The Balaban J connectivity index is 1.03. The molecule has 0 bridgehead atoms. The molecule has 1 aliphatic carbocycles. The van der Waals surface area contributed by atoms with Crippen molar-refractivity contribution in [1.29, 1.82) is 0 Å². The molecule has 0 radical (unpaired) electrons. The van der Waals surface area contributed by atoms with Gasteiger partial charge in [0.15, 0.2) is 0 Å². The number of carboxylic acids is 1. The maximum atomic E-state index is 12.5. The zero-order chi connectivity index (χ0) is 25.2. The van der Waals surface area contributed by atoms with E-state index in [1.54, 1.807) is 0 Å². The molecule has 3 aromatic rings. The van der Waals surface area contributed by atoms with Crippen molar-refractivity contribution in [2.45, 2.75) is 70.1 Å². The summed E-state index contributed by atoms with van der Waals surface area (Å²) in [4.78, 5) is 19.4. The van der Waals surface area contributed by atoms with Crippen molar-refractivity contribution in [3.05, 3.63) is 53.3 Å². The lowest BCUT2D eigenvalue weighted by molar-refractivity contribution is -0.143. The van der Waals surface area contributed by atoms with E-state index in [9.17, 15) is 9.90 Å². The lowest BCUT2D eigenvalue weighted by Gasteiger charge is -2.25. The number of carboxylic acid groups (broad SMARTS) is 1. The number of unbranched alkanes of at least 4 members (excludes halogenated alkanes) is 1. The number of aliphatic carboxylic acids is 1. The van der Waals surface area contributed by atoms with Crippen molar-refractivity contribution in [2.24, 2.45) is 5.92 Å². The molecule has 8 nitrogen and oxygen atoms in total. The summed E-state index contributed by atoms with van der Waals surface area (Å²) in [5.41, 5.74) is 4.28. The number of pyridine rings is 1. The molecular formula is C29H37N5O3. The van der Waals surface area contributed by atoms with Gasteiger partial charge in [-0.1, -0.05) is 24.3 Å². The van der Waals surface area contributed by atoms with Gasteiger partial charge >= 0.3 is 5.97 Å². The van der Waals surface area contributed by atoms with E-state index in [0.29, 0.717) is 19.1 Å². The molecule has 2 fully saturated rings. The average molecular weight is 504 g/mol. The van der Waals surface area contributed by atoms with E-state index in [-0.39, 0.29) is 6.10 Å². The minimum absolute atomic E-state index is 0.0727. The number of nitrogens with one attached hydrogen (secondary N) is 1. The molecule has 37 heavy (non-hydrogen) atoms. The van der Waals surface area contributed by atoms with E-state index < -0.39 is 12.0 Å². The van der Waals surface area contributed by atoms with Crippen LogP contribution in [-0.2, 0) is 28.9 Å². The highest BCUT2D eigenvalue weighted by atomic mass is 16.5. The van der Waals surface area contributed by atoms with Crippen molar-refractivity contribution in [3.8, 4) is 0 Å². The fourth-order valence-corrected chi connectivity index (χ4v) is 5.85. The van der Waals surface area contributed by atoms with Gasteiger partial charge in [0.1, 0.15) is 11.9 Å². The zero-order valence-corrected chi connectivity index (χ0v) is 21.4. The van der Waals surface area contributed by atoms with E-state index in [2.05, 4.69) is 27.4 Å². The Morgan fingerprint density at radius 1 is 1.19 bits per heavy atom. The fraction of sp³-hybridized carbons (Fsp3) is 0.552. The number of hydrogen-bond acceptors (Lipinski definition) is 6. The van der Waals surface area contributed by atoms with Crippen molar-refractivity contribution in [1.82, 2.24) is 19.7 Å². The molecule has 2 atom stereocenters. The van der Waals surface area contributed by atoms with Gasteiger partial charge in [-0.2, -0.15) is 5.10 Å². The molecule has 2 N–H and O–H groups in total. The molecule has 2 aromatic heterocycles. The van der Waals surface area contributed by atoms with Crippen molar-refractivity contribution in [2.75, 3.05) is 31.6 Å². The number of rotatable bonds is 11. The van der Waals surface area contributed by atoms with E-state index in [1.807, 2.05) is 29.1 Å². The number of fused-ring (bicyclic) bond motifs is 2. The molecule has 4 heterocycles. The first-order chi connectivity index (χ1) is 18.2. The second-order valence-corrected chi connectivity index (χ2v) is 10.9. The highest BCUT2D eigenvalue weighted by Crippen LogP contribution is 2.35. The molecular weight excluding hydrogens is 466 g/mol. The Morgan fingerprint density at radius 3 is 2.97 bits per heavy atom. The van der Waals surface area contributed by atoms with Gasteiger partial charge in [-0.15, -0.1) is 0 Å². The molecule has 3 aliphatic rings. The predicted octanol–water partition coefficient (Wildman–Crippen LogP) is 4.44. The quantitative estimate of drug-likeness (QED) is 0.374. The van der Waals surface area contributed by atoms with Crippen LogP contribution in [0.3, 0.4) is 0 Å². The van der Waals surface area contributed by atoms with Gasteiger partial charge < -0.3 is 15.2 Å². The van der Waals surface area contributed by atoms with Crippen molar-refractivity contribution >= 4 is 22.7 Å². The molecule has 0 amide bonds. The molecule has 0 spiro atoms. The lowest BCUT2D eigenvalue weighted by atomic mass is 10.0. The molecule has 8 heteroatoms. The number of anilines is 1. The van der Waals surface area contributed by atoms with Crippen molar-refractivity contribution < 1.29 is 14.6 Å². The highest BCUT2D eigenvalue weighted by Gasteiger charge is 2.36. The first-order valence-corrected chi connectivity index (χ1v) is 13.9. The average Bonchev–Trinajstić information content (AvgIpc) is 3.45. The smallest absolute Gasteiger partial charge is 0.325 e. The third-order valence-corrected chi connectivity index (χ3v) is 8.02. The molecule has 1 unspecified atom stereocenters. The van der Waals surface area contributed by atoms with Crippen molar-refractivity contribution in [3.63, 3.8) is 0 Å². The normalized spacial score (nSPS) is 20.6. The third-order valence-electron chi connectivity index (χ3n) is 8.02. The van der Waals surface area contributed by atoms with Gasteiger partial charge in [-0.3, -0.25) is 14.4 Å². The summed E-state index contributed by atoms with van der Waals surface area (Å²) >= 11 is 0. The van der Waals surface area contributed by atoms with E-state index in [0.717, 1.165) is 79.7 Å². The van der Waals surface area contributed by atoms with E-state index in [1.165, 1.54) is 24.8 Å². The first kappa shape index (κ1) is 24.4. The number of ether oxygens (including phenoxy) is 1. The Bertz CT molecular complexity index is 1250. The summed E-state index contributed by atoms with van der Waals surface area (Å²) in [5.74, 6) is 0.924. The Hall–Kier alpha value is -2.97. The number of aryl methyl sites for hydroxylation is 2. The zero-order valence-electron chi connectivity index (χ0n) is 21.4. The molecule has 2 aliphatic heterocycles. The highest BCUT2D eigenvalue weighted by molar-refractivity contribution is 5.88. The largest absolute Gasteiger partial charge is 0.480 e. The van der Waals surface area contributed by atoms with Gasteiger partial charge in [-0.05, 0) is 68.9 Å². The van der Waals surface area contributed by atoms with Crippen LogP contribution in [0.1, 0.15) is 61.4 Å². The summed E-state index contributed by atoms with van der Waals surface area (Å²) in [7, 11) is 0. The maximum Gasteiger partial charge on any atom is 0.325 e. The van der Waals surface area contributed by atoms with Crippen LogP contribution >= 0.6 is 0 Å². The summed E-state index contributed by atoms with van der Waals surface area (Å²) < 4.78 is 8.22. The Kier molecular flexibility index (Phi) is 7.11. The van der Waals surface area contributed by atoms with Crippen LogP contribution in [0.15, 0.2) is 36.5 Å². The van der Waals surface area contributed by atoms with Crippen LogP contribution in [0, 0.1) is 5.92 Å². The van der Waals surface area contributed by atoms with E-state index >= 15 is 0 Å². The summed E-state index contributed by atoms with van der Waals surface area (Å²) in [6, 6.07) is 9.63. The van der Waals surface area contributed by atoms with Crippen LogP contribution in [-0.4, -0.2) is 63.1 Å². The number of carbonyl (C=O) groups is 1. The second kappa shape index (κ2) is 10.8. The monoisotopic (exact) mass is 503 g/mol. The van der Waals surface area contributed by atoms with Gasteiger partial charge in [0.05, 0.1) is 17.8 Å². The second-order valence-electron chi connectivity index (χ2n) is 10.9. The predicted molar refractivity (Wildman–Crippen MR) is 143 cm³/mol. The number of likely N-dealkylation sites (tertiary alicyclic amines) is 1. The minimum atomic E-state index is -0.806. The fourth-order valence-electron chi connectivity index (χ4n) is 5.85. The third kappa shape index (κ3) is 5.50. The SMILES string of the molecule is O=C(O)C(c1cccc2cnn(CC3CC3)c12)N1CC[C@@H](OCCCCc2ccc3c(n2)NCCC3)C1. The van der Waals surface area contributed by atoms with Crippen LogP contribution in [0.2, 0.25) is 0 Å². The molecule has 6 rings (SSSR count). The van der Waals surface area contributed by atoms with Crippen LogP contribution in [0.4, 0.5) is 5.82 Å². The topological polar surface area (TPSA) is 92.5 Å². The molecule has 1 saturated heterocycles.